The van der Waals surface area contributed by atoms with Crippen LogP contribution in [0.1, 0.15) is 27.2 Å². The van der Waals surface area contributed by atoms with Crippen LogP contribution in [-0.4, -0.2) is 25.0 Å². The Morgan fingerprint density at radius 1 is 1.38 bits per heavy atom. The zero-order valence-electron chi connectivity index (χ0n) is 9.67. The van der Waals surface area contributed by atoms with Crippen molar-refractivity contribution in [2.24, 2.45) is 5.92 Å². The van der Waals surface area contributed by atoms with Crippen LogP contribution in [0, 0.1) is 5.92 Å². The monoisotopic (exact) mass is 181 g/mol. The summed E-state index contributed by atoms with van der Waals surface area (Å²) in [6.07, 6.45) is 5.18. The molecule has 0 unspecified atom stereocenters. The second-order valence-corrected chi connectivity index (χ2v) is 4.10. The lowest BCUT2D eigenvalue weighted by molar-refractivity contribution is 0.278. The summed E-state index contributed by atoms with van der Waals surface area (Å²) >= 11 is 0. The van der Waals surface area contributed by atoms with Crippen molar-refractivity contribution in [2.45, 2.75) is 33.2 Å². The van der Waals surface area contributed by atoms with E-state index in [1.807, 2.05) is 6.08 Å². The number of rotatable bonds is 5. The van der Waals surface area contributed by atoms with Crippen LogP contribution in [0.3, 0.4) is 0 Å². The highest BCUT2D eigenvalue weighted by atomic mass is 15.1. The Morgan fingerprint density at radius 2 is 1.92 bits per heavy atom. The summed E-state index contributed by atoms with van der Waals surface area (Å²) in [5, 5.41) is 0. The van der Waals surface area contributed by atoms with Crippen molar-refractivity contribution >= 4 is 0 Å². The molecule has 0 fully saturated rings. The Labute approximate surface area is 83.1 Å². The van der Waals surface area contributed by atoms with Gasteiger partial charge in [-0.2, -0.15) is 0 Å². The van der Waals surface area contributed by atoms with Crippen LogP contribution < -0.4 is 0 Å². The molecule has 0 spiro atoms. The fraction of sp³-hybridized carbons (Fsp3) is 0.667. The van der Waals surface area contributed by atoms with Gasteiger partial charge in [-0.25, -0.2) is 0 Å². The number of allylic oxidation sites excluding steroid dienone is 3. The molecule has 76 valence electrons. The summed E-state index contributed by atoms with van der Waals surface area (Å²) < 4.78 is 0. The molecule has 1 nitrogen and oxygen atoms in total. The molecule has 0 amide bonds. The Kier molecular flexibility index (Phi) is 5.72. The largest absolute Gasteiger partial charge is 0.307 e. The van der Waals surface area contributed by atoms with Crippen LogP contribution in [0.15, 0.2) is 24.3 Å². The van der Waals surface area contributed by atoms with E-state index in [4.69, 9.17) is 0 Å². The van der Waals surface area contributed by atoms with Crippen molar-refractivity contribution in [1.82, 2.24) is 4.90 Å². The minimum absolute atomic E-state index is 0.642. The smallest absolute Gasteiger partial charge is 0.00664 e. The molecule has 1 heteroatoms. The molecule has 13 heavy (non-hydrogen) atoms. The van der Waals surface area contributed by atoms with Crippen LogP contribution in [0.5, 0.6) is 0 Å². The molecule has 0 aromatic carbocycles. The zero-order valence-corrected chi connectivity index (χ0v) is 9.67. The van der Waals surface area contributed by atoms with Gasteiger partial charge in [0.15, 0.2) is 0 Å². The summed E-state index contributed by atoms with van der Waals surface area (Å²) in [7, 11) is 4.26. The molecule has 0 aliphatic heterocycles. The standard InChI is InChI=1S/C12H23N/c1-7-8-10(2)11(3)9-12(4)13(5)6/h7-8,11-12H,1,9H2,2-6H3/b10-8+/t11-,12+/m1/s1. The lowest BCUT2D eigenvalue weighted by Crippen LogP contribution is -2.26. The van der Waals surface area contributed by atoms with Crippen molar-refractivity contribution in [3.63, 3.8) is 0 Å². The van der Waals surface area contributed by atoms with Crippen LogP contribution in [0.25, 0.3) is 0 Å². The SMILES string of the molecule is C=C/C=C(\C)[C@H](C)C[C@H](C)N(C)C. The zero-order chi connectivity index (χ0) is 10.4. The normalized spacial score (nSPS) is 17.2. The molecule has 0 N–H and O–H groups in total. The third-order valence-electron chi connectivity index (χ3n) is 2.73. The highest BCUT2D eigenvalue weighted by Crippen LogP contribution is 2.17. The molecule has 0 saturated heterocycles. The van der Waals surface area contributed by atoms with E-state index in [1.54, 1.807) is 0 Å². The number of hydrogen-bond donors (Lipinski definition) is 0. The van der Waals surface area contributed by atoms with Crippen LogP contribution in [0.4, 0.5) is 0 Å². The Hall–Kier alpha value is -0.560. The first-order chi connectivity index (χ1) is 5.99. The number of hydrogen-bond acceptors (Lipinski definition) is 1. The molecule has 0 aromatic rings. The minimum Gasteiger partial charge on any atom is -0.307 e. The summed E-state index contributed by atoms with van der Waals surface area (Å²) in [6, 6.07) is 0.642. The fourth-order valence-corrected chi connectivity index (χ4v) is 1.26. The molecule has 0 bridgehead atoms. The average Bonchev–Trinajstić information content (AvgIpc) is 2.04. The lowest BCUT2D eigenvalue weighted by atomic mass is 9.95. The van der Waals surface area contributed by atoms with Crippen molar-refractivity contribution in [1.29, 1.82) is 0 Å². The summed E-state index contributed by atoms with van der Waals surface area (Å²) in [5.74, 6) is 0.649. The van der Waals surface area contributed by atoms with Gasteiger partial charge in [0, 0.05) is 6.04 Å². The molecule has 0 aliphatic rings. The highest BCUT2D eigenvalue weighted by molar-refractivity contribution is 5.10. The van der Waals surface area contributed by atoms with E-state index in [-0.39, 0.29) is 0 Å². The van der Waals surface area contributed by atoms with Crippen LogP contribution >= 0.6 is 0 Å². The number of nitrogens with zero attached hydrogens (tertiary/aromatic N) is 1. The van der Waals surface area contributed by atoms with Gasteiger partial charge < -0.3 is 4.90 Å². The van der Waals surface area contributed by atoms with Gasteiger partial charge in [0.2, 0.25) is 0 Å². The first-order valence-electron chi connectivity index (χ1n) is 4.94. The fourth-order valence-electron chi connectivity index (χ4n) is 1.26. The van der Waals surface area contributed by atoms with E-state index >= 15 is 0 Å². The van der Waals surface area contributed by atoms with Crippen molar-refractivity contribution < 1.29 is 0 Å². The molecule has 0 saturated carbocycles. The van der Waals surface area contributed by atoms with Gasteiger partial charge in [0.25, 0.3) is 0 Å². The molecular formula is C12H23N. The van der Waals surface area contributed by atoms with Gasteiger partial charge in [-0.15, -0.1) is 0 Å². The maximum absolute atomic E-state index is 3.71. The predicted molar refractivity (Wildman–Crippen MR) is 60.9 cm³/mol. The van der Waals surface area contributed by atoms with Crippen LogP contribution in [0.2, 0.25) is 0 Å². The topological polar surface area (TPSA) is 3.24 Å². The molecule has 0 aliphatic carbocycles. The maximum atomic E-state index is 3.71. The van der Waals surface area contributed by atoms with Gasteiger partial charge in [-0.3, -0.25) is 0 Å². The summed E-state index contributed by atoms with van der Waals surface area (Å²) in [5.41, 5.74) is 1.42. The Balaban J connectivity index is 4.06. The van der Waals surface area contributed by atoms with Crippen molar-refractivity contribution in [3.8, 4) is 0 Å². The quantitative estimate of drug-likeness (QED) is 0.589. The highest BCUT2D eigenvalue weighted by Gasteiger charge is 2.10. The van der Waals surface area contributed by atoms with E-state index in [0.29, 0.717) is 12.0 Å². The first-order valence-corrected chi connectivity index (χ1v) is 4.94. The Bertz CT molecular complexity index is 180. The van der Waals surface area contributed by atoms with E-state index in [9.17, 15) is 0 Å². The molecular weight excluding hydrogens is 158 g/mol. The molecule has 0 aromatic heterocycles. The van der Waals surface area contributed by atoms with E-state index in [0.717, 1.165) is 0 Å². The van der Waals surface area contributed by atoms with Gasteiger partial charge in [0.1, 0.15) is 0 Å². The molecule has 0 rings (SSSR count). The second-order valence-electron chi connectivity index (χ2n) is 4.10. The van der Waals surface area contributed by atoms with Crippen molar-refractivity contribution in [3.05, 3.63) is 24.3 Å². The van der Waals surface area contributed by atoms with Crippen LogP contribution in [-0.2, 0) is 0 Å². The molecule has 0 radical (unpaired) electrons. The van der Waals surface area contributed by atoms with Crippen molar-refractivity contribution in [2.75, 3.05) is 14.1 Å². The summed E-state index contributed by atoms with van der Waals surface area (Å²) in [4.78, 5) is 2.26. The average molecular weight is 181 g/mol. The van der Waals surface area contributed by atoms with E-state index < -0.39 is 0 Å². The van der Waals surface area contributed by atoms with Gasteiger partial charge in [0.05, 0.1) is 0 Å². The lowest BCUT2D eigenvalue weighted by Gasteiger charge is -2.23. The van der Waals surface area contributed by atoms with Gasteiger partial charge >= 0.3 is 0 Å². The molecule has 0 heterocycles. The van der Waals surface area contributed by atoms with Gasteiger partial charge in [-0.1, -0.05) is 31.2 Å². The molecule has 2 atom stereocenters. The maximum Gasteiger partial charge on any atom is 0.00664 e. The van der Waals surface area contributed by atoms with E-state index in [1.165, 1.54) is 12.0 Å². The minimum atomic E-state index is 0.642. The predicted octanol–water partition coefficient (Wildman–Crippen LogP) is 3.10. The second kappa shape index (κ2) is 5.98. The van der Waals surface area contributed by atoms with E-state index in [2.05, 4.69) is 52.4 Å². The third-order valence-corrected chi connectivity index (χ3v) is 2.73. The third kappa shape index (κ3) is 4.89. The summed E-state index contributed by atoms with van der Waals surface area (Å²) in [6.45, 7) is 10.4. The van der Waals surface area contributed by atoms with Gasteiger partial charge in [-0.05, 0) is 40.3 Å². The Morgan fingerprint density at radius 3 is 2.31 bits per heavy atom. The first kappa shape index (κ1) is 12.4.